The third-order valence-electron chi connectivity index (χ3n) is 1.14. The Hall–Kier alpha value is 0.310. The zero-order valence-electron chi connectivity index (χ0n) is 6.68. The zero-order valence-corrected chi connectivity index (χ0v) is 7.57. The molecule has 0 radical (unpaired) electrons. The largest absolute Gasteiger partial charge is 0.303 e. The molecule has 0 spiro atoms. The van der Waals surface area contributed by atoms with Crippen molar-refractivity contribution in [3.05, 3.63) is 0 Å². The van der Waals surface area contributed by atoms with Crippen molar-refractivity contribution >= 4 is 12.6 Å². The van der Waals surface area contributed by atoms with Crippen LogP contribution in [0.3, 0.4) is 0 Å². The molecule has 0 fully saturated rings. The van der Waals surface area contributed by atoms with Gasteiger partial charge < -0.3 is 5.32 Å². The molecule has 0 saturated carbocycles. The monoisotopic (exact) mass is 147 g/mol. The lowest BCUT2D eigenvalue weighted by Gasteiger charge is -2.18. The van der Waals surface area contributed by atoms with Gasteiger partial charge in [0.15, 0.2) is 0 Å². The van der Waals surface area contributed by atoms with Gasteiger partial charge in [-0.05, 0) is 19.8 Å². The van der Waals surface area contributed by atoms with Gasteiger partial charge in [-0.15, -0.1) is 0 Å². The predicted octanol–water partition coefficient (Wildman–Crippen LogP) is 1.90. The summed E-state index contributed by atoms with van der Waals surface area (Å²) >= 11 is 4.35. The Balaban J connectivity index is 3.38. The smallest absolute Gasteiger partial charge is 0.0527 e. The minimum absolute atomic E-state index is 0.338. The van der Waals surface area contributed by atoms with Crippen LogP contribution < -0.4 is 5.32 Å². The van der Waals surface area contributed by atoms with Gasteiger partial charge in [0.1, 0.15) is 0 Å². The highest BCUT2D eigenvalue weighted by Crippen LogP contribution is 2.05. The van der Waals surface area contributed by atoms with Crippen LogP contribution in [0.5, 0.6) is 0 Å². The summed E-state index contributed by atoms with van der Waals surface area (Å²) in [5.41, 5.74) is 0. The molecule has 0 aromatic carbocycles. The molecule has 0 bridgehead atoms. The molecule has 0 aliphatic carbocycles. The van der Waals surface area contributed by atoms with E-state index in [2.05, 4.69) is 45.6 Å². The van der Waals surface area contributed by atoms with Crippen molar-refractivity contribution in [3.63, 3.8) is 0 Å². The third kappa shape index (κ3) is 4.79. The van der Waals surface area contributed by atoms with E-state index in [1.165, 1.54) is 0 Å². The molecular formula is C7H17NS. The van der Waals surface area contributed by atoms with Crippen LogP contribution in [0.4, 0.5) is 0 Å². The Kier molecular flexibility index (Phi) is 4.32. The highest BCUT2D eigenvalue weighted by Gasteiger charge is 2.07. The number of thiol groups is 1. The fourth-order valence-electron chi connectivity index (χ4n) is 0.534. The molecule has 0 saturated heterocycles. The molecule has 0 amide bonds. The predicted molar refractivity (Wildman–Crippen MR) is 45.9 cm³/mol. The number of hydrogen-bond acceptors (Lipinski definition) is 2. The molecule has 1 N–H and O–H groups in total. The molecule has 0 heterocycles. The molecule has 9 heavy (non-hydrogen) atoms. The second-order valence-electron chi connectivity index (χ2n) is 3.01. The van der Waals surface area contributed by atoms with E-state index in [1.54, 1.807) is 0 Å². The lowest BCUT2D eigenvalue weighted by molar-refractivity contribution is 0.474. The van der Waals surface area contributed by atoms with Gasteiger partial charge in [0, 0.05) is 6.04 Å². The van der Waals surface area contributed by atoms with Gasteiger partial charge in [-0.25, -0.2) is 0 Å². The van der Waals surface area contributed by atoms with Gasteiger partial charge in [0.25, 0.3) is 0 Å². The Morgan fingerprint density at radius 3 is 1.67 bits per heavy atom. The van der Waals surface area contributed by atoms with Crippen molar-refractivity contribution in [2.45, 2.75) is 39.1 Å². The van der Waals surface area contributed by atoms with Gasteiger partial charge in [-0.3, -0.25) is 0 Å². The van der Waals surface area contributed by atoms with Crippen LogP contribution >= 0.6 is 12.6 Å². The van der Waals surface area contributed by atoms with E-state index < -0.39 is 0 Å². The second-order valence-corrected chi connectivity index (χ2v) is 3.57. The summed E-state index contributed by atoms with van der Waals surface area (Å²) in [5, 5.41) is 3.64. The Labute approximate surface area is 63.6 Å². The third-order valence-corrected chi connectivity index (χ3v) is 1.88. The van der Waals surface area contributed by atoms with E-state index in [-0.39, 0.29) is 0 Å². The van der Waals surface area contributed by atoms with E-state index in [0.29, 0.717) is 17.3 Å². The fraction of sp³-hybridized carbons (Fsp3) is 1.00. The molecule has 0 aliphatic rings. The standard InChI is InChI=1S/C7H17NS/c1-5(2)7(9)8-6(3)4/h5-9H,1-4H3. The summed E-state index contributed by atoms with van der Waals surface area (Å²) in [5.74, 6) is 0.607. The van der Waals surface area contributed by atoms with Crippen LogP contribution in [0.25, 0.3) is 0 Å². The minimum Gasteiger partial charge on any atom is -0.303 e. The van der Waals surface area contributed by atoms with Crippen LogP contribution in [0.1, 0.15) is 27.7 Å². The topological polar surface area (TPSA) is 12.0 Å². The quantitative estimate of drug-likeness (QED) is 0.459. The lowest BCUT2D eigenvalue weighted by Crippen LogP contribution is -2.34. The highest BCUT2D eigenvalue weighted by atomic mass is 32.1. The molecule has 1 nitrogen and oxygen atoms in total. The molecule has 0 rings (SSSR count). The molecule has 2 heteroatoms. The van der Waals surface area contributed by atoms with E-state index in [1.807, 2.05) is 0 Å². The average Bonchev–Trinajstić information content (AvgIpc) is 1.63. The average molecular weight is 147 g/mol. The van der Waals surface area contributed by atoms with E-state index in [0.717, 1.165) is 0 Å². The molecule has 0 aromatic heterocycles. The number of rotatable bonds is 3. The van der Waals surface area contributed by atoms with Crippen LogP contribution in [0, 0.1) is 5.92 Å². The van der Waals surface area contributed by atoms with Crippen LogP contribution in [0.15, 0.2) is 0 Å². The van der Waals surface area contributed by atoms with E-state index >= 15 is 0 Å². The maximum absolute atomic E-state index is 4.35. The van der Waals surface area contributed by atoms with Crippen molar-refractivity contribution in [2.24, 2.45) is 5.92 Å². The van der Waals surface area contributed by atoms with E-state index in [4.69, 9.17) is 0 Å². The molecule has 0 aromatic rings. The first-order chi connectivity index (χ1) is 4.04. The van der Waals surface area contributed by atoms with Crippen molar-refractivity contribution in [1.82, 2.24) is 5.32 Å². The summed E-state index contributed by atoms with van der Waals surface area (Å²) in [6.45, 7) is 8.58. The summed E-state index contributed by atoms with van der Waals surface area (Å²) in [7, 11) is 0. The van der Waals surface area contributed by atoms with Gasteiger partial charge in [0.2, 0.25) is 0 Å². The first-order valence-corrected chi connectivity index (χ1v) is 3.99. The second kappa shape index (κ2) is 4.18. The Morgan fingerprint density at radius 1 is 1.11 bits per heavy atom. The maximum atomic E-state index is 4.35. The molecular weight excluding hydrogens is 130 g/mol. The van der Waals surface area contributed by atoms with Crippen molar-refractivity contribution in [1.29, 1.82) is 0 Å². The lowest BCUT2D eigenvalue weighted by atomic mass is 10.2. The molecule has 56 valence electrons. The first kappa shape index (κ1) is 9.31. The van der Waals surface area contributed by atoms with Crippen LogP contribution in [0.2, 0.25) is 0 Å². The summed E-state index contributed by atoms with van der Waals surface area (Å²) in [6.07, 6.45) is 0. The molecule has 1 unspecified atom stereocenters. The van der Waals surface area contributed by atoms with Gasteiger partial charge in [-0.1, -0.05) is 13.8 Å². The SMILES string of the molecule is CC(C)NC(S)C(C)C. The number of nitrogens with one attached hydrogen (secondary N) is 1. The van der Waals surface area contributed by atoms with Crippen molar-refractivity contribution in [2.75, 3.05) is 0 Å². The number of hydrogen-bond donors (Lipinski definition) is 2. The van der Waals surface area contributed by atoms with Crippen molar-refractivity contribution < 1.29 is 0 Å². The summed E-state index contributed by atoms with van der Waals surface area (Å²) in [4.78, 5) is 0. The fourth-order valence-corrected chi connectivity index (χ4v) is 0.832. The van der Waals surface area contributed by atoms with Gasteiger partial charge in [0.05, 0.1) is 5.37 Å². The zero-order chi connectivity index (χ0) is 7.44. The van der Waals surface area contributed by atoms with Crippen LogP contribution in [-0.4, -0.2) is 11.4 Å². The summed E-state index contributed by atoms with van der Waals surface area (Å²) in [6, 6.07) is 0.537. The Bertz CT molecular complexity index is 71.3. The normalized spacial score (nSPS) is 15.0. The molecule has 1 atom stereocenters. The first-order valence-electron chi connectivity index (χ1n) is 3.48. The molecule has 0 aliphatic heterocycles. The van der Waals surface area contributed by atoms with Crippen molar-refractivity contribution in [3.8, 4) is 0 Å². The van der Waals surface area contributed by atoms with Crippen LogP contribution in [-0.2, 0) is 0 Å². The minimum atomic E-state index is 0.338. The van der Waals surface area contributed by atoms with Gasteiger partial charge >= 0.3 is 0 Å². The Morgan fingerprint density at radius 2 is 1.56 bits per heavy atom. The van der Waals surface area contributed by atoms with E-state index in [9.17, 15) is 0 Å². The maximum Gasteiger partial charge on any atom is 0.0527 e. The van der Waals surface area contributed by atoms with Gasteiger partial charge in [-0.2, -0.15) is 12.6 Å². The summed E-state index contributed by atoms with van der Waals surface area (Å²) < 4.78 is 0. The highest BCUT2D eigenvalue weighted by molar-refractivity contribution is 7.80.